The monoisotopic (exact) mass is 478 g/mol. The quantitative estimate of drug-likeness (QED) is 0.320. The van der Waals surface area contributed by atoms with Gasteiger partial charge in [-0.15, -0.1) is 10.2 Å². The second kappa shape index (κ2) is 10.6. The molecule has 0 unspecified atom stereocenters. The fourth-order valence-corrected chi connectivity index (χ4v) is 4.38. The molecule has 4 aromatic rings. The number of nitrogens with zero attached hydrogens (tertiary/aromatic N) is 3. The molecular formula is C25H23ClN4O2S. The smallest absolute Gasteiger partial charge is 0.234 e. The van der Waals surface area contributed by atoms with E-state index in [9.17, 15) is 4.79 Å². The Hall–Kier alpha value is -3.29. The summed E-state index contributed by atoms with van der Waals surface area (Å²) in [5, 5.41) is 12.9. The van der Waals surface area contributed by atoms with Crippen molar-refractivity contribution in [3.63, 3.8) is 0 Å². The lowest BCUT2D eigenvalue weighted by Crippen LogP contribution is -2.15. The molecule has 0 bridgehead atoms. The predicted octanol–water partition coefficient (Wildman–Crippen LogP) is 5.89. The molecule has 1 amide bonds. The van der Waals surface area contributed by atoms with Crippen molar-refractivity contribution in [3.05, 3.63) is 83.4 Å². The molecule has 0 aliphatic carbocycles. The van der Waals surface area contributed by atoms with E-state index < -0.39 is 0 Å². The van der Waals surface area contributed by atoms with Crippen LogP contribution in [0, 0.1) is 0 Å². The minimum absolute atomic E-state index is 0.107. The molecule has 4 rings (SSSR count). The van der Waals surface area contributed by atoms with Crippen molar-refractivity contribution in [2.75, 3.05) is 18.2 Å². The standard InChI is InChI=1S/C25H23ClN4O2S/c1-3-17-8-4-7-11-22(17)27-23(31)16-33-25-29-28-24(20-9-5-6-10-21(20)26)30(25)18-12-14-19(32-2)15-13-18/h4-15H,3,16H2,1-2H3,(H,27,31). The van der Waals surface area contributed by atoms with Crippen molar-refractivity contribution in [1.29, 1.82) is 0 Å². The highest BCUT2D eigenvalue weighted by Gasteiger charge is 2.19. The molecule has 33 heavy (non-hydrogen) atoms. The molecule has 8 heteroatoms. The molecule has 3 aromatic carbocycles. The first-order chi connectivity index (χ1) is 16.1. The van der Waals surface area contributed by atoms with Gasteiger partial charge < -0.3 is 10.1 Å². The second-order valence-electron chi connectivity index (χ2n) is 7.17. The average Bonchev–Trinajstić information content (AvgIpc) is 3.27. The molecule has 0 radical (unpaired) electrons. The minimum Gasteiger partial charge on any atom is -0.497 e. The molecule has 168 valence electrons. The number of hydrogen-bond donors (Lipinski definition) is 1. The zero-order chi connectivity index (χ0) is 23.2. The van der Waals surface area contributed by atoms with Crippen molar-refractivity contribution in [2.24, 2.45) is 0 Å². The molecule has 6 nitrogen and oxygen atoms in total. The third-order valence-corrected chi connectivity index (χ3v) is 6.34. The molecule has 0 fully saturated rings. The topological polar surface area (TPSA) is 69.0 Å². The average molecular weight is 479 g/mol. The SMILES string of the molecule is CCc1ccccc1NC(=O)CSc1nnc(-c2ccccc2Cl)n1-c1ccc(OC)cc1. The van der Waals surface area contributed by atoms with Crippen LogP contribution in [0.4, 0.5) is 5.69 Å². The number of halogens is 1. The maximum Gasteiger partial charge on any atom is 0.234 e. The minimum atomic E-state index is -0.107. The van der Waals surface area contributed by atoms with E-state index in [1.54, 1.807) is 7.11 Å². The number of hydrogen-bond acceptors (Lipinski definition) is 5. The largest absolute Gasteiger partial charge is 0.497 e. The van der Waals surface area contributed by atoms with Gasteiger partial charge in [0.05, 0.1) is 17.9 Å². The number of anilines is 1. The number of methoxy groups -OCH3 is 1. The van der Waals surface area contributed by atoms with Gasteiger partial charge in [-0.05, 0) is 54.4 Å². The van der Waals surface area contributed by atoms with Crippen LogP contribution in [-0.4, -0.2) is 33.5 Å². The molecular weight excluding hydrogens is 456 g/mol. The van der Waals surface area contributed by atoms with Crippen LogP contribution < -0.4 is 10.1 Å². The van der Waals surface area contributed by atoms with Crippen LogP contribution in [0.25, 0.3) is 17.1 Å². The zero-order valence-corrected chi connectivity index (χ0v) is 19.9. The third-order valence-electron chi connectivity index (χ3n) is 5.08. The Morgan fingerprint density at radius 3 is 2.48 bits per heavy atom. The number of nitrogens with one attached hydrogen (secondary N) is 1. The number of para-hydroxylation sites is 1. The number of rotatable bonds is 8. The van der Waals surface area contributed by atoms with Crippen LogP contribution >= 0.6 is 23.4 Å². The lowest BCUT2D eigenvalue weighted by Gasteiger charge is -2.12. The van der Waals surface area contributed by atoms with Crippen molar-refractivity contribution >= 4 is 35.0 Å². The van der Waals surface area contributed by atoms with Crippen LogP contribution in [0.15, 0.2) is 78.0 Å². The molecule has 1 aromatic heterocycles. The van der Waals surface area contributed by atoms with E-state index >= 15 is 0 Å². The number of aromatic nitrogens is 3. The molecule has 0 spiro atoms. The summed E-state index contributed by atoms with van der Waals surface area (Å²) in [6.07, 6.45) is 0.844. The molecule has 0 saturated heterocycles. The normalized spacial score (nSPS) is 10.8. The highest BCUT2D eigenvalue weighted by atomic mass is 35.5. The van der Waals surface area contributed by atoms with E-state index in [0.29, 0.717) is 16.0 Å². The van der Waals surface area contributed by atoms with Crippen molar-refractivity contribution in [2.45, 2.75) is 18.5 Å². The molecule has 1 heterocycles. The number of carbonyl (C=O) groups excluding carboxylic acids is 1. The summed E-state index contributed by atoms with van der Waals surface area (Å²) >= 11 is 7.77. The zero-order valence-electron chi connectivity index (χ0n) is 18.3. The van der Waals surface area contributed by atoms with E-state index in [1.165, 1.54) is 11.8 Å². The van der Waals surface area contributed by atoms with E-state index in [-0.39, 0.29) is 11.7 Å². The summed E-state index contributed by atoms with van der Waals surface area (Å²) in [7, 11) is 1.62. The highest BCUT2D eigenvalue weighted by Crippen LogP contribution is 2.32. The van der Waals surface area contributed by atoms with E-state index in [1.807, 2.05) is 77.4 Å². The van der Waals surface area contributed by atoms with Crippen LogP contribution in [0.3, 0.4) is 0 Å². The van der Waals surface area contributed by atoms with Gasteiger partial charge in [-0.25, -0.2) is 0 Å². The van der Waals surface area contributed by atoms with Gasteiger partial charge in [0, 0.05) is 16.9 Å². The van der Waals surface area contributed by atoms with Gasteiger partial charge in [-0.1, -0.05) is 60.6 Å². The van der Waals surface area contributed by atoms with Crippen LogP contribution in [0.5, 0.6) is 5.75 Å². The van der Waals surface area contributed by atoms with Gasteiger partial charge in [0.15, 0.2) is 11.0 Å². The molecule has 1 N–H and O–H groups in total. The van der Waals surface area contributed by atoms with E-state index in [0.717, 1.165) is 34.7 Å². The Balaban J connectivity index is 1.62. The van der Waals surface area contributed by atoms with Crippen molar-refractivity contribution < 1.29 is 9.53 Å². The number of aryl methyl sites for hydroxylation is 1. The van der Waals surface area contributed by atoms with Crippen LogP contribution in [0.2, 0.25) is 5.02 Å². The first-order valence-corrected chi connectivity index (χ1v) is 11.8. The first kappa shape index (κ1) is 22.9. The number of amides is 1. The lowest BCUT2D eigenvalue weighted by atomic mass is 10.1. The summed E-state index contributed by atoms with van der Waals surface area (Å²) in [4.78, 5) is 12.7. The summed E-state index contributed by atoms with van der Waals surface area (Å²) < 4.78 is 7.19. The summed E-state index contributed by atoms with van der Waals surface area (Å²) in [5.74, 6) is 1.43. The van der Waals surface area contributed by atoms with Gasteiger partial charge in [0.25, 0.3) is 0 Å². The first-order valence-electron chi connectivity index (χ1n) is 10.5. The van der Waals surface area contributed by atoms with Gasteiger partial charge >= 0.3 is 0 Å². The van der Waals surface area contributed by atoms with E-state index in [4.69, 9.17) is 16.3 Å². The molecule has 0 atom stereocenters. The Bertz CT molecular complexity index is 1260. The second-order valence-corrected chi connectivity index (χ2v) is 8.52. The van der Waals surface area contributed by atoms with Crippen LogP contribution in [-0.2, 0) is 11.2 Å². The predicted molar refractivity (Wildman–Crippen MR) is 134 cm³/mol. The van der Waals surface area contributed by atoms with E-state index in [2.05, 4.69) is 22.4 Å². The summed E-state index contributed by atoms with van der Waals surface area (Å²) in [6.45, 7) is 2.06. The molecule has 0 aliphatic heterocycles. The highest BCUT2D eigenvalue weighted by molar-refractivity contribution is 7.99. The Morgan fingerprint density at radius 1 is 1.03 bits per heavy atom. The number of ether oxygens (including phenoxy) is 1. The Labute approximate surface area is 202 Å². The molecule has 0 saturated carbocycles. The van der Waals surface area contributed by atoms with Gasteiger partial charge in [-0.2, -0.15) is 0 Å². The van der Waals surface area contributed by atoms with Gasteiger partial charge in [0.2, 0.25) is 5.91 Å². The fourth-order valence-electron chi connectivity index (χ4n) is 3.41. The summed E-state index contributed by atoms with van der Waals surface area (Å²) in [5.41, 5.74) is 3.53. The Morgan fingerprint density at radius 2 is 1.76 bits per heavy atom. The number of benzene rings is 3. The maximum atomic E-state index is 12.7. The number of thioether (sulfide) groups is 1. The number of carbonyl (C=O) groups is 1. The lowest BCUT2D eigenvalue weighted by molar-refractivity contribution is -0.113. The van der Waals surface area contributed by atoms with Crippen molar-refractivity contribution in [1.82, 2.24) is 14.8 Å². The molecule has 0 aliphatic rings. The van der Waals surface area contributed by atoms with Crippen molar-refractivity contribution in [3.8, 4) is 22.8 Å². The van der Waals surface area contributed by atoms with Gasteiger partial charge in [-0.3, -0.25) is 9.36 Å². The summed E-state index contributed by atoms with van der Waals surface area (Å²) in [6, 6.07) is 22.9. The Kier molecular flexibility index (Phi) is 7.32. The van der Waals surface area contributed by atoms with Gasteiger partial charge in [0.1, 0.15) is 5.75 Å². The van der Waals surface area contributed by atoms with Crippen LogP contribution in [0.1, 0.15) is 12.5 Å². The third kappa shape index (κ3) is 5.21. The maximum absolute atomic E-state index is 12.7. The fraction of sp³-hybridized carbons (Fsp3) is 0.160.